The summed E-state index contributed by atoms with van der Waals surface area (Å²) in [6.07, 6.45) is 3.49. The van der Waals surface area contributed by atoms with E-state index in [-0.39, 0.29) is 0 Å². The molecule has 5 rings (SSSR count). The molecule has 8 heteroatoms. The van der Waals surface area contributed by atoms with Crippen LogP contribution in [-0.4, -0.2) is 32.6 Å². The van der Waals surface area contributed by atoms with Crippen LogP contribution in [0.25, 0.3) is 16.7 Å². The topological polar surface area (TPSA) is 83.3 Å². The van der Waals surface area contributed by atoms with Gasteiger partial charge in [0.2, 0.25) is 11.7 Å². The Kier molecular flexibility index (Phi) is 3.80. The predicted octanol–water partition coefficient (Wildman–Crippen LogP) is 4.08. The van der Waals surface area contributed by atoms with Crippen molar-refractivity contribution in [1.82, 2.24) is 19.7 Å². The Morgan fingerprint density at radius 3 is 2.59 bits per heavy atom. The van der Waals surface area contributed by atoms with Crippen LogP contribution in [-0.2, 0) is 0 Å². The monoisotopic (exact) mass is 389 g/mol. The van der Waals surface area contributed by atoms with Gasteiger partial charge in [0.05, 0.1) is 24.4 Å². The van der Waals surface area contributed by atoms with Crippen LogP contribution < -0.4 is 19.5 Å². The first-order valence-corrected chi connectivity index (χ1v) is 9.15. The second kappa shape index (κ2) is 6.37. The number of methoxy groups -OCH3 is 1. The fourth-order valence-corrected chi connectivity index (χ4v) is 3.22. The van der Waals surface area contributed by atoms with Gasteiger partial charge >= 0.3 is 0 Å². The molecule has 146 valence electrons. The third-order valence-corrected chi connectivity index (χ3v) is 4.54. The molecule has 8 nitrogen and oxygen atoms in total. The van der Waals surface area contributed by atoms with Gasteiger partial charge in [-0.3, -0.25) is 0 Å². The lowest BCUT2D eigenvalue weighted by Crippen LogP contribution is -2.29. The number of hydrogen-bond acceptors (Lipinski definition) is 7. The van der Waals surface area contributed by atoms with E-state index in [4.69, 9.17) is 14.2 Å². The van der Waals surface area contributed by atoms with E-state index in [9.17, 15) is 0 Å². The van der Waals surface area contributed by atoms with E-state index in [0.29, 0.717) is 17.3 Å². The summed E-state index contributed by atoms with van der Waals surface area (Å²) < 4.78 is 18.5. The van der Waals surface area contributed by atoms with Gasteiger partial charge < -0.3 is 19.5 Å². The molecule has 1 aliphatic heterocycles. The third kappa shape index (κ3) is 3.18. The van der Waals surface area contributed by atoms with E-state index < -0.39 is 5.79 Å². The van der Waals surface area contributed by atoms with Crippen LogP contribution >= 0.6 is 0 Å². The summed E-state index contributed by atoms with van der Waals surface area (Å²) in [7, 11) is 1.64. The van der Waals surface area contributed by atoms with Crippen LogP contribution in [0.1, 0.15) is 13.8 Å². The minimum atomic E-state index is -0.665. The molecule has 0 saturated heterocycles. The minimum Gasteiger partial charge on any atom is -0.497 e. The highest BCUT2D eigenvalue weighted by molar-refractivity contribution is 5.77. The smallest absolute Gasteiger partial charge is 0.246 e. The van der Waals surface area contributed by atoms with Crippen LogP contribution in [0.4, 0.5) is 11.6 Å². The molecule has 0 spiro atoms. The van der Waals surface area contributed by atoms with Crippen LogP contribution in [0.3, 0.4) is 0 Å². The molecule has 1 N–H and O–H groups in total. The first-order valence-electron chi connectivity index (χ1n) is 9.15. The SMILES string of the molecule is COc1ccc(-n2ncc3cnc(Nc4ccc5c(c4)OC(C)(C)O5)nc32)cc1. The van der Waals surface area contributed by atoms with Crippen molar-refractivity contribution < 1.29 is 14.2 Å². The Balaban J connectivity index is 1.46. The second-order valence-corrected chi connectivity index (χ2v) is 7.12. The maximum atomic E-state index is 5.80. The van der Waals surface area contributed by atoms with E-state index in [2.05, 4.69) is 20.4 Å². The molecule has 2 aromatic carbocycles. The van der Waals surface area contributed by atoms with Gasteiger partial charge in [0, 0.05) is 31.8 Å². The Hall–Kier alpha value is -3.81. The second-order valence-electron chi connectivity index (χ2n) is 7.12. The zero-order valence-corrected chi connectivity index (χ0v) is 16.2. The first kappa shape index (κ1) is 17.3. The molecular weight excluding hydrogens is 370 g/mol. The molecule has 29 heavy (non-hydrogen) atoms. The number of benzene rings is 2. The van der Waals surface area contributed by atoms with Gasteiger partial charge in [-0.05, 0) is 36.4 Å². The number of hydrogen-bond donors (Lipinski definition) is 1. The maximum Gasteiger partial charge on any atom is 0.246 e. The predicted molar refractivity (Wildman–Crippen MR) is 108 cm³/mol. The van der Waals surface area contributed by atoms with Gasteiger partial charge in [-0.15, -0.1) is 0 Å². The highest BCUT2D eigenvalue weighted by Crippen LogP contribution is 2.41. The van der Waals surface area contributed by atoms with Gasteiger partial charge in [-0.2, -0.15) is 10.1 Å². The fourth-order valence-electron chi connectivity index (χ4n) is 3.22. The lowest BCUT2D eigenvalue weighted by molar-refractivity contribution is -0.0431. The molecule has 3 heterocycles. The van der Waals surface area contributed by atoms with E-state index in [1.54, 1.807) is 24.2 Å². The molecule has 0 saturated carbocycles. The molecule has 0 aliphatic carbocycles. The normalized spacial score (nSPS) is 14.2. The number of nitrogens with one attached hydrogen (secondary N) is 1. The third-order valence-electron chi connectivity index (χ3n) is 4.54. The Bertz CT molecular complexity index is 1200. The van der Waals surface area contributed by atoms with Crippen molar-refractivity contribution in [3.05, 3.63) is 54.9 Å². The molecule has 0 radical (unpaired) electrons. The van der Waals surface area contributed by atoms with Crippen molar-refractivity contribution >= 4 is 22.7 Å². The minimum absolute atomic E-state index is 0.464. The maximum absolute atomic E-state index is 5.80. The van der Waals surface area contributed by atoms with Gasteiger partial charge in [0.15, 0.2) is 17.1 Å². The van der Waals surface area contributed by atoms with Crippen molar-refractivity contribution in [2.75, 3.05) is 12.4 Å². The van der Waals surface area contributed by atoms with Crippen molar-refractivity contribution in [2.24, 2.45) is 0 Å². The zero-order chi connectivity index (χ0) is 20.0. The summed E-state index contributed by atoms with van der Waals surface area (Å²) in [5, 5.41) is 8.51. The molecule has 1 aliphatic rings. The van der Waals surface area contributed by atoms with Crippen LogP contribution in [0.5, 0.6) is 17.2 Å². The van der Waals surface area contributed by atoms with Crippen molar-refractivity contribution in [2.45, 2.75) is 19.6 Å². The van der Waals surface area contributed by atoms with E-state index in [0.717, 1.165) is 28.3 Å². The van der Waals surface area contributed by atoms with Crippen molar-refractivity contribution in [3.63, 3.8) is 0 Å². The number of rotatable bonds is 4. The Morgan fingerprint density at radius 1 is 1.00 bits per heavy atom. The van der Waals surface area contributed by atoms with Crippen molar-refractivity contribution in [1.29, 1.82) is 0 Å². The largest absolute Gasteiger partial charge is 0.497 e. The van der Waals surface area contributed by atoms with Crippen LogP contribution in [0.15, 0.2) is 54.9 Å². The van der Waals surface area contributed by atoms with Gasteiger partial charge in [-0.25, -0.2) is 9.67 Å². The number of fused-ring (bicyclic) bond motifs is 2. The Morgan fingerprint density at radius 2 is 1.79 bits per heavy atom. The molecule has 0 fully saturated rings. The lowest BCUT2D eigenvalue weighted by atomic mass is 10.3. The number of nitrogens with zero attached hydrogens (tertiary/aromatic N) is 4. The number of aromatic nitrogens is 4. The standard InChI is InChI=1S/C21H19N5O3/c1-21(2)28-17-9-4-14(10-18(17)29-21)24-20-22-11-13-12-23-26(19(13)25-20)15-5-7-16(27-3)8-6-15/h4-12H,1-3H3,(H,22,24,25). The average Bonchev–Trinajstić information content (AvgIpc) is 3.26. The molecule has 0 atom stereocenters. The fraction of sp³-hybridized carbons (Fsp3) is 0.190. The number of anilines is 2. The summed E-state index contributed by atoms with van der Waals surface area (Å²) in [6.45, 7) is 3.74. The summed E-state index contributed by atoms with van der Waals surface area (Å²) in [5.74, 6) is 1.99. The lowest BCUT2D eigenvalue weighted by Gasteiger charge is -2.16. The molecule has 0 bridgehead atoms. The highest BCUT2D eigenvalue weighted by Gasteiger charge is 2.31. The first-order chi connectivity index (χ1) is 14.0. The average molecular weight is 389 g/mol. The molecular formula is C21H19N5O3. The quantitative estimate of drug-likeness (QED) is 0.563. The van der Waals surface area contributed by atoms with Gasteiger partial charge in [0.25, 0.3) is 0 Å². The van der Waals surface area contributed by atoms with Gasteiger partial charge in [0.1, 0.15) is 5.75 Å². The summed E-state index contributed by atoms with van der Waals surface area (Å²) in [5.41, 5.74) is 2.39. The van der Waals surface area contributed by atoms with Crippen molar-refractivity contribution in [3.8, 4) is 22.9 Å². The summed E-state index contributed by atoms with van der Waals surface area (Å²) in [4.78, 5) is 9.04. The molecule has 0 amide bonds. The molecule has 0 unspecified atom stereocenters. The molecule has 2 aromatic heterocycles. The molecule has 4 aromatic rings. The van der Waals surface area contributed by atoms with Crippen LogP contribution in [0.2, 0.25) is 0 Å². The van der Waals surface area contributed by atoms with E-state index in [1.807, 2.05) is 56.3 Å². The summed E-state index contributed by atoms with van der Waals surface area (Å²) in [6, 6.07) is 13.3. The highest BCUT2D eigenvalue weighted by atomic mass is 16.7. The summed E-state index contributed by atoms with van der Waals surface area (Å²) >= 11 is 0. The van der Waals surface area contributed by atoms with Crippen LogP contribution in [0, 0.1) is 0 Å². The number of ether oxygens (including phenoxy) is 3. The Labute approximate surface area is 167 Å². The van der Waals surface area contributed by atoms with E-state index in [1.165, 1.54) is 0 Å². The van der Waals surface area contributed by atoms with E-state index >= 15 is 0 Å². The van der Waals surface area contributed by atoms with Gasteiger partial charge in [-0.1, -0.05) is 0 Å². The zero-order valence-electron chi connectivity index (χ0n) is 16.2.